The van der Waals surface area contributed by atoms with Crippen molar-refractivity contribution in [3.05, 3.63) is 55.9 Å². The first-order valence-electron chi connectivity index (χ1n) is 12.3. The van der Waals surface area contributed by atoms with Crippen molar-refractivity contribution in [2.75, 3.05) is 38.8 Å². The normalized spacial score (nSPS) is 13.8. The second kappa shape index (κ2) is 14.9. The van der Waals surface area contributed by atoms with Gasteiger partial charge in [-0.05, 0) is 83.0 Å². The summed E-state index contributed by atoms with van der Waals surface area (Å²) in [5, 5.41) is 2.09. The van der Waals surface area contributed by atoms with Crippen molar-refractivity contribution in [2.45, 2.75) is 20.3 Å². The van der Waals surface area contributed by atoms with Gasteiger partial charge in [0.05, 0.1) is 40.3 Å². The van der Waals surface area contributed by atoms with E-state index in [0.717, 1.165) is 4.90 Å². The fraction of sp³-hybridized carbons (Fsp3) is 0.296. The van der Waals surface area contributed by atoms with Crippen molar-refractivity contribution in [3.8, 4) is 11.5 Å². The molecule has 14 heteroatoms. The predicted molar refractivity (Wildman–Crippen MR) is 156 cm³/mol. The number of amides is 3. The van der Waals surface area contributed by atoms with Crippen LogP contribution in [0.25, 0.3) is 6.08 Å². The molecule has 1 saturated heterocycles. The van der Waals surface area contributed by atoms with E-state index in [0.29, 0.717) is 28.2 Å². The number of esters is 2. The Morgan fingerprint density at radius 3 is 2.56 bits per heavy atom. The van der Waals surface area contributed by atoms with Gasteiger partial charge in [-0.1, -0.05) is 18.5 Å². The summed E-state index contributed by atoms with van der Waals surface area (Å²) in [6.45, 7) is 3.09. The minimum absolute atomic E-state index is 0.0749. The summed E-state index contributed by atoms with van der Waals surface area (Å²) in [4.78, 5) is 63.0. The van der Waals surface area contributed by atoms with E-state index in [2.05, 4.69) is 21.2 Å². The molecule has 1 heterocycles. The molecular formula is C27H26BrClN2O9S. The molecule has 11 nitrogen and oxygen atoms in total. The summed E-state index contributed by atoms with van der Waals surface area (Å²) in [7, 11) is 1.41. The first kappa shape index (κ1) is 32.0. The number of methoxy groups -OCH3 is 1. The van der Waals surface area contributed by atoms with Crippen LogP contribution in [-0.4, -0.2) is 67.4 Å². The molecule has 2 aromatic rings. The first-order chi connectivity index (χ1) is 19.6. The molecule has 3 amide bonds. The van der Waals surface area contributed by atoms with E-state index in [1.165, 1.54) is 31.4 Å². The molecule has 1 fully saturated rings. The number of nitrogens with one attached hydrogen (secondary N) is 1. The molecule has 0 spiro atoms. The van der Waals surface area contributed by atoms with Gasteiger partial charge in [-0.2, -0.15) is 0 Å². The third-order valence-corrected chi connectivity index (χ3v) is 7.10. The number of anilines is 1. The van der Waals surface area contributed by atoms with Crippen LogP contribution >= 0.6 is 39.3 Å². The Balaban J connectivity index is 1.71. The summed E-state index contributed by atoms with van der Waals surface area (Å²) in [6, 6.07) is 7.46. The molecular weight excluding hydrogens is 644 g/mol. The fourth-order valence-electron chi connectivity index (χ4n) is 3.46. The molecule has 0 unspecified atom stereocenters. The molecule has 1 N–H and O–H groups in total. The van der Waals surface area contributed by atoms with E-state index >= 15 is 0 Å². The molecule has 2 aromatic carbocycles. The maximum Gasteiger partial charge on any atom is 0.344 e. The first-order valence-corrected chi connectivity index (χ1v) is 14.2. The highest BCUT2D eigenvalue weighted by Gasteiger charge is 2.36. The maximum absolute atomic E-state index is 13.0. The number of imide groups is 1. The maximum atomic E-state index is 13.0. The van der Waals surface area contributed by atoms with Gasteiger partial charge in [0.1, 0.15) is 6.54 Å². The van der Waals surface area contributed by atoms with E-state index in [1.807, 2.05) is 6.92 Å². The van der Waals surface area contributed by atoms with Crippen LogP contribution < -0.4 is 14.8 Å². The van der Waals surface area contributed by atoms with Crippen molar-refractivity contribution in [1.29, 1.82) is 0 Å². The van der Waals surface area contributed by atoms with Gasteiger partial charge in [0.15, 0.2) is 18.1 Å². The summed E-state index contributed by atoms with van der Waals surface area (Å²) in [5.41, 5.74) is 0.814. The number of benzene rings is 2. The Labute approximate surface area is 253 Å². The number of carbonyl (C=O) groups excluding carboxylic acids is 5. The number of thioether (sulfide) groups is 1. The van der Waals surface area contributed by atoms with Crippen molar-refractivity contribution in [3.63, 3.8) is 0 Å². The summed E-state index contributed by atoms with van der Waals surface area (Å²) < 4.78 is 21.3. The molecule has 0 saturated carbocycles. The van der Waals surface area contributed by atoms with Gasteiger partial charge in [0, 0.05) is 5.69 Å². The van der Waals surface area contributed by atoms with Gasteiger partial charge in [-0.15, -0.1) is 0 Å². The molecule has 0 aromatic heterocycles. The van der Waals surface area contributed by atoms with Crippen LogP contribution in [0.5, 0.6) is 11.5 Å². The molecule has 41 heavy (non-hydrogen) atoms. The quantitative estimate of drug-likeness (QED) is 0.234. The van der Waals surface area contributed by atoms with Gasteiger partial charge in [0.25, 0.3) is 11.1 Å². The minimum atomic E-state index is -0.659. The zero-order chi connectivity index (χ0) is 30.1. The molecule has 1 aliphatic heterocycles. The standard InChI is InChI=1S/C27H26BrClN2O9S/c1-4-8-39-26(35)17-12-16(6-7-19(17)29)30-22(32)13-31-25(34)21(41-27(31)36)11-15-9-18(28)24(20(10-15)37-3)40-14-23(33)38-5-2/h6-7,9-12H,4-5,8,13-14H2,1-3H3,(H,30,32)/b21-11-. The minimum Gasteiger partial charge on any atom is -0.493 e. The van der Waals surface area contributed by atoms with Gasteiger partial charge in [0.2, 0.25) is 5.91 Å². The summed E-state index contributed by atoms with van der Waals surface area (Å²) >= 11 is 10.1. The third-order valence-electron chi connectivity index (χ3n) is 5.27. The average molecular weight is 670 g/mol. The molecule has 3 rings (SSSR count). The van der Waals surface area contributed by atoms with Crippen molar-refractivity contribution in [1.82, 2.24) is 4.90 Å². The molecule has 1 aliphatic rings. The van der Waals surface area contributed by atoms with E-state index in [-0.39, 0.29) is 52.5 Å². The highest BCUT2D eigenvalue weighted by Crippen LogP contribution is 2.39. The monoisotopic (exact) mass is 668 g/mol. The second-order valence-corrected chi connectivity index (χ2v) is 10.5. The number of rotatable bonds is 12. The summed E-state index contributed by atoms with van der Waals surface area (Å²) in [5.74, 6) is -1.97. The van der Waals surface area contributed by atoms with Crippen LogP contribution in [0.15, 0.2) is 39.7 Å². The van der Waals surface area contributed by atoms with Crippen molar-refractivity contribution < 1.29 is 42.9 Å². The van der Waals surface area contributed by atoms with Gasteiger partial charge in [-0.3, -0.25) is 19.3 Å². The summed E-state index contributed by atoms with van der Waals surface area (Å²) in [6.07, 6.45) is 2.10. The van der Waals surface area contributed by atoms with Crippen LogP contribution in [0.1, 0.15) is 36.2 Å². The van der Waals surface area contributed by atoms with E-state index < -0.39 is 35.5 Å². The molecule has 218 valence electrons. The number of hydrogen-bond acceptors (Lipinski definition) is 10. The third kappa shape index (κ3) is 8.47. The van der Waals surface area contributed by atoms with Crippen LogP contribution in [0.2, 0.25) is 5.02 Å². The van der Waals surface area contributed by atoms with Crippen LogP contribution in [0.4, 0.5) is 10.5 Å². The topological polar surface area (TPSA) is 138 Å². The molecule has 0 atom stereocenters. The zero-order valence-electron chi connectivity index (χ0n) is 22.3. The van der Waals surface area contributed by atoms with E-state index in [4.69, 9.17) is 30.5 Å². The number of hydrogen-bond donors (Lipinski definition) is 1. The van der Waals surface area contributed by atoms with Gasteiger partial charge >= 0.3 is 11.9 Å². The number of carbonyl (C=O) groups is 5. The van der Waals surface area contributed by atoms with Crippen LogP contribution in [-0.2, 0) is 23.9 Å². The van der Waals surface area contributed by atoms with E-state index in [1.54, 1.807) is 19.1 Å². The van der Waals surface area contributed by atoms with Gasteiger partial charge < -0.3 is 24.3 Å². The SMILES string of the molecule is CCCOC(=O)c1cc(NC(=O)CN2C(=O)S/C(=C\c3cc(Br)c(OCC(=O)OCC)c(OC)c3)C2=O)ccc1Cl. The average Bonchev–Trinajstić information content (AvgIpc) is 3.19. The predicted octanol–water partition coefficient (Wildman–Crippen LogP) is 5.29. The number of ether oxygens (including phenoxy) is 4. The Morgan fingerprint density at radius 2 is 1.88 bits per heavy atom. The largest absolute Gasteiger partial charge is 0.493 e. The number of halogens is 2. The molecule has 0 aliphatic carbocycles. The Bertz CT molecular complexity index is 1400. The molecule has 0 bridgehead atoms. The highest BCUT2D eigenvalue weighted by molar-refractivity contribution is 9.10. The van der Waals surface area contributed by atoms with E-state index in [9.17, 15) is 24.0 Å². The lowest BCUT2D eigenvalue weighted by atomic mass is 10.2. The fourth-order valence-corrected chi connectivity index (χ4v) is 5.07. The lowest BCUT2D eigenvalue weighted by Crippen LogP contribution is -2.36. The van der Waals surface area contributed by atoms with Crippen molar-refractivity contribution >= 4 is 80.0 Å². The van der Waals surface area contributed by atoms with Crippen LogP contribution in [0.3, 0.4) is 0 Å². The lowest BCUT2D eigenvalue weighted by Gasteiger charge is -2.14. The Kier molecular flexibility index (Phi) is 11.6. The Morgan fingerprint density at radius 1 is 1.12 bits per heavy atom. The zero-order valence-corrected chi connectivity index (χ0v) is 25.4. The second-order valence-electron chi connectivity index (χ2n) is 8.27. The smallest absolute Gasteiger partial charge is 0.344 e. The van der Waals surface area contributed by atoms with Gasteiger partial charge in [-0.25, -0.2) is 9.59 Å². The van der Waals surface area contributed by atoms with Crippen molar-refractivity contribution in [2.24, 2.45) is 0 Å². The molecule has 0 radical (unpaired) electrons. The highest BCUT2D eigenvalue weighted by atomic mass is 79.9. The Hall–Kier alpha value is -3.55. The van der Waals surface area contributed by atoms with Crippen LogP contribution in [0, 0.1) is 0 Å². The lowest BCUT2D eigenvalue weighted by molar-refractivity contribution is -0.145. The number of nitrogens with zero attached hydrogens (tertiary/aromatic N) is 1.